The second-order valence-corrected chi connectivity index (χ2v) is 5.48. The molecule has 1 aliphatic carbocycles. The van der Waals surface area contributed by atoms with Gasteiger partial charge < -0.3 is 4.90 Å². The van der Waals surface area contributed by atoms with Gasteiger partial charge in [0.15, 0.2) is 5.78 Å². The molecule has 14 heavy (non-hydrogen) atoms. The van der Waals surface area contributed by atoms with Crippen molar-refractivity contribution < 1.29 is 9.59 Å². The Morgan fingerprint density at radius 3 is 2.36 bits per heavy atom. The minimum atomic E-state index is -0.789. The quantitative estimate of drug-likeness (QED) is 0.642. The van der Waals surface area contributed by atoms with Crippen LogP contribution in [0.4, 0.5) is 0 Å². The molecule has 3 nitrogen and oxygen atoms in total. The first-order valence-corrected chi connectivity index (χ1v) is 5.28. The molecule has 0 aromatic rings. The average Bonchev–Trinajstić information content (AvgIpc) is 2.47. The second-order valence-electron chi connectivity index (χ2n) is 4.03. The summed E-state index contributed by atoms with van der Waals surface area (Å²) in [4.78, 5) is 24.2. The van der Waals surface area contributed by atoms with Crippen LogP contribution in [-0.4, -0.2) is 33.5 Å². The highest BCUT2D eigenvalue weighted by Crippen LogP contribution is 2.65. The monoisotopic (exact) mass is 235 g/mol. The van der Waals surface area contributed by atoms with Crippen LogP contribution in [0.3, 0.4) is 0 Å². The number of carbonyl (C=O) groups is 2. The van der Waals surface area contributed by atoms with Gasteiger partial charge in [-0.2, -0.15) is 0 Å². The van der Waals surface area contributed by atoms with Gasteiger partial charge >= 0.3 is 0 Å². The van der Waals surface area contributed by atoms with E-state index in [9.17, 15) is 9.59 Å². The third-order valence-electron chi connectivity index (χ3n) is 3.15. The van der Waals surface area contributed by atoms with E-state index in [1.165, 1.54) is 13.8 Å². The number of nitrogens with zero attached hydrogens (tertiary/aromatic N) is 1. The Morgan fingerprint density at radius 1 is 1.36 bits per heavy atom. The number of hydrogen-bond donors (Lipinski definition) is 0. The molecule has 1 heterocycles. The number of Topliss-reactive ketones (excluding diaryl/α,β-unsaturated/α-hetero) is 1. The summed E-state index contributed by atoms with van der Waals surface area (Å²) in [6.07, 6.45) is 0. The maximum Gasteiger partial charge on any atom is 0.220 e. The maximum absolute atomic E-state index is 11.4. The van der Waals surface area contributed by atoms with Gasteiger partial charge in [-0.05, 0) is 6.92 Å². The van der Waals surface area contributed by atoms with Crippen LogP contribution in [0.25, 0.3) is 0 Å². The van der Waals surface area contributed by atoms with Crippen LogP contribution in [0.15, 0.2) is 0 Å². The molecule has 1 saturated carbocycles. The molecule has 5 heteroatoms. The number of alkyl halides is 2. The molecule has 2 aliphatic rings. The van der Waals surface area contributed by atoms with Crippen LogP contribution >= 0.6 is 23.2 Å². The standard InChI is InChI=1S/C9H11Cl2NO2/c1-4(13)8-7-6(9(7,10)11)3-12(8)5(2)14/h6-8H,3H2,1-2H3. The smallest absolute Gasteiger partial charge is 0.220 e. The molecular formula is C9H11Cl2NO2. The van der Waals surface area contributed by atoms with E-state index in [1.54, 1.807) is 4.90 Å². The molecular weight excluding hydrogens is 225 g/mol. The number of halogens is 2. The maximum atomic E-state index is 11.4. The summed E-state index contributed by atoms with van der Waals surface area (Å²) >= 11 is 12.0. The summed E-state index contributed by atoms with van der Waals surface area (Å²) in [6.45, 7) is 3.45. The topological polar surface area (TPSA) is 37.4 Å². The Kier molecular flexibility index (Phi) is 2.09. The molecule has 0 aromatic carbocycles. The summed E-state index contributed by atoms with van der Waals surface area (Å²) < 4.78 is -0.789. The largest absolute Gasteiger partial charge is 0.332 e. The number of piperidine rings is 1. The van der Waals surface area contributed by atoms with Gasteiger partial charge in [0.1, 0.15) is 4.33 Å². The van der Waals surface area contributed by atoms with Gasteiger partial charge in [-0.25, -0.2) is 0 Å². The number of amides is 1. The Balaban J connectivity index is 2.23. The summed E-state index contributed by atoms with van der Waals surface area (Å²) in [5.41, 5.74) is 0. The van der Waals surface area contributed by atoms with Gasteiger partial charge in [-0.1, -0.05) is 0 Å². The van der Waals surface area contributed by atoms with Crippen molar-refractivity contribution in [2.45, 2.75) is 24.2 Å². The molecule has 0 aromatic heterocycles. The number of fused-ring (bicyclic) bond motifs is 1. The van der Waals surface area contributed by atoms with E-state index in [0.29, 0.717) is 6.54 Å². The number of carbonyl (C=O) groups excluding carboxylic acids is 2. The molecule has 2 fully saturated rings. The Hall–Kier alpha value is -0.280. The molecule has 78 valence electrons. The van der Waals surface area contributed by atoms with E-state index in [1.807, 2.05) is 0 Å². The predicted octanol–water partition coefficient (Wildman–Crippen LogP) is 1.23. The molecule has 3 unspecified atom stereocenters. The molecule has 3 atom stereocenters. The van der Waals surface area contributed by atoms with Crippen LogP contribution in [0.2, 0.25) is 0 Å². The number of likely N-dealkylation sites (tertiary alicyclic amines) is 1. The highest BCUT2D eigenvalue weighted by Gasteiger charge is 2.72. The lowest BCUT2D eigenvalue weighted by atomic mass is 10.1. The molecule has 0 bridgehead atoms. The first kappa shape index (κ1) is 10.2. The van der Waals surface area contributed by atoms with E-state index in [4.69, 9.17) is 23.2 Å². The van der Waals surface area contributed by atoms with Crippen LogP contribution in [0.1, 0.15) is 13.8 Å². The fourth-order valence-electron chi connectivity index (χ4n) is 2.40. The Bertz CT molecular complexity index is 316. The predicted molar refractivity (Wildman–Crippen MR) is 53.3 cm³/mol. The third kappa shape index (κ3) is 1.18. The van der Waals surface area contributed by atoms with Gasteiger partial charge in [0.2, 0.25) is 5.91 Å². The molecule has 1 amide bonds. The van der Waals surface area contributed by atoms with Crippen molar-refractivity contribution >= 4 is 34.9 Å². The zero-order valence-corrected chi connectivity index (χ0v) is 9.47. The lowest BCUT2D eigenvalue weighted by molar-refractivity contribution is -0.136. The summed E-state index contributed by atoms with van der Waals surface area (Å²) in [7, 11) is 0. The molecule has 0 N–H and O–H groups in total. The summed E-state index contributed by atoms with van der Waals surface area (Å²) in [6, 6.07) is -0.410. The first-order chi connectivity index (χ1) is 6.37. The van der Waals surface area contributed by atoms with Gasteiger partial charge in [0.05, 0.1) is 6.04 Å². The van der Waals surface area contributed by atoms with E-state index in [0.717, 1.165) is 0 Å². The van der Waals surface area contributed by atoms with Crippen LogP contribution in [-0.2, 0) is 9.59 Å². The van der Waals surface area contributed by atoms with E-state index >= 15 is 0 Å². The Labute approximate surface area is 92.3 Å². The van der Waals surface area contributed by atoms with Crippen molar-refractivity contribution in [3.63, 3.8) is 0 Å². The van der Waals surface area contributed by atoms with Crippen molar-refractivity contribution in [1.82, 2.24) is 4.90 Å². The van der Waals surface area contributed by atoms with E-state index in [-0.39, 0.29) is 23.5 Å². The molecule has 0 spiro atoms. The first-order valence-electron chi connectivity index (χ1n) is 4.53. The number of ketones is 1. The average molecular weight is 236 g/mol. The van der Waals surface area contributed by atoms with Crippen molar-refractivity contribution in [2.75, 3.05) is 6.54 Å². The normalized spacial score (nSPS) is 38.0. The fraction of sp³-hybridized carbons (Fsp3) is 0.778. The van der Waals surface area contributed by atoms with Crippen LogP contribution in [0.5, 0.6) is 0 Å². The van der Waals surface area contributed by atoms with Crippen molar-refractivity contribution in [3.05, 3.63) is 0 Å². The Morgan fingerprint density at radius 2 is 1.93 bits per heavy atom. The highest BCUT2D eigenvalue weighted by molar-refractivity contribution is 6.51. The SMILES string of the molecule is CC(=O)C1C2C(CN1C(C)=O)C2(Cl)Cl. The minimum Gasteiger partial charge on any atom is -0.332 e. The molecule has 0 radical (unpaired) electrons. The molecule has 1 aliphatic heterocycles. The van der Waals surface area contributed by atoms with Crippen molar-refractivity contribution in [3.8, 4) is 0 Å². The second kappa shape index (κ2) is 2.86. The zero-order valence-electron chi connectivity index (χ0n) is 7.96. The molecule has 2 rings (SSSR count). The highest BCUT2D eigenvalue weighted by atomic mass is 35.5. The summed E-state index contributed by atoms with van der Waals surface area (Å²) in [5, 5.41) is 0. The van der Waals surface area contributed by atoms with Crippen molar-refractivity contribution in [1.29, 1.82) is 0 Å². The minimum absolute atomic E-state index is 0.0316. The lowest BCUT2D eigenvalue weighted by Crippen LogP contribution is -2.43. The van der Waals surface area contributed by atoms with Gasteiger partial charge in [-0.15, -0.1) is 23.2 Å². The van der Waals surface area contributed by atoms with Crippen molar-refractivity contribution in [2.24, 2.45) is 11.8 Å². The van der Waals surface area contributed by atoms with Gasteiger partial charge in [0.25, 0.3) is 0 Å². The summed E-state index contributed by atoms with van der Waals surface area (Å²) in [5.74, 6) is -0.103. The third-order valence-corrected chi connectivity index (χ3v) is 4.22. The van der Waals surface area contributed by atoms with Crippen LogP contribution < -0.4 is 0 Å². The van der Waals surface area contributed by atoms with E-state index in [2.05, 4.69) is 0 Å². The van der Waals surface area contributed by atoms with E-state index < -0.39 is 10.4 Å². The number of hydrogen-bond acceptors (Lipinski definition) is 2. The molecule has 1 saturated heterocycles. The fourth-order valence-corrected chi connectivity index (χ4v) is 3.22. The number of rotatable bonds is 1. The zero-order chi connectivity index (χ0) is 10.7. The van der Waals surface area contributed by atoms with Gasteiger partial charge in [-0.3, -0.25) is 9.59 Å². The lowest BCUT2D eigenvalue weighted by Gasteiger charge is -2.26. The van der Waals surface area contributed by atoms with Gasteiger partial charge in [0, 0.05) is 25.3 Å². The van der Waals surface area contributed by atoms with Crippen LogP contribution in [0, 0.1) is 11.8 Å².